The van der Waals surface area contributed by atoms with E-state index in [1.165, 1.54) is 0 Å². The van der Waals surface area contributed by atoms with Crippen molar-refractivity contribution in [2.45, 2.75) is 43.6 Å². The highest BCUT2D eigenvalue weighted by atomic mass is 32.2. The van der Waals surface area contributed by atoms with Gasteiger partial charge in [-0.2, -0.15) is 8.78 Å². The maximum absolute atomic E-state index is 14.6. The molecule has 0 atom stereocenters. The van der Waals surface area contributed by atoms with Crippen LogP contribution < -0.4 is 5.32 Å². The Labute approximate surface area is 171 Å². The van der Waals surface area contributed by atoms with Gasteiger partial charge in [0, 0.05) is 30.2 Å². The Bertz CT molecular complexity index is 974. The molecule has 1 amide bonds. The molecule has 0 spiro atoms. The predicted molar refractivity (Wildman–Crippen MR) is 109 cm³/mol. The van der Waals surface area contributed by atoms with Crippen LogP contribution in [0, 0.1) is 0 Å². The number of pyridine rings is 1. The Hall–Kier alpha value is -2.81. The monoisotopic (exact) mass is 417 g/mol. The van der Waals surface area contributed by atoms with Gasteiger partial charge in [0.2, 0.25) is 0 Å². The van der Waals surface area contributed by atoms with Gasteiger partial charge in [0.15, 0.2) is 11.0 Å². The van der Waals surface area contributed by atoms with E-state index in [1.54, 1.807) is 60.3 Å². The summed E-state index contributed by atoms with van der Waals surface area (Å²) in [5, 5.41) is 6.39. The summed E-state index contributed by atoms with van der Waals surface area (Å²) in [6.07, 6.45) is 3.17. The predicted octanol–water partition coefficient (Wildman–Crippen LogP) is 4.81. The molecule has 0 unspecified atom stereocenters. The van der Waals surface area contributed by atoms with Gasteiger partial charge in [-0.25, -0.2) is 0 Å². The lowest BCUT2D eigenvalue weighted by molar-refractivity contribution is -0.129. The lowest BCUT2D eigenvalue weighted by atomic mass is 10.0. The Kier molecular flexibility index (Phi) is 6.26. The van der Waals surface area contributed by atoms with Crippen LogP contribution in [0.4, 0.5) is 14.5 Å². The van der Waals surface area contributed by atoms with Crippen LogP contribution in [-0.2, 0) is 11.3 Å². The van der Waals surface area contributed by atoms with Crippen LogP contribution in [-0.4, -0.2) is 30.9 Å². The van der Waals surface area contributed by atoms with E-state index in [1.807, 2.05) is 13.8 Å². The number of thioether (sulfide) groups is 1. The van der Waals surface area contributed by atoms with Crippen molar-refractivity contribution in [3.63, 3.8) is 0 Å². The summed E-state index contributed by atoms with van der Waals surface area (Å²) in [7, 11) is 0. The normalized spacial score (nSPS) is 11.7. The van der Waals surface area contributed by atoms with Crippen LogP contribution in [0.5, 0.6) is 0 Å². The van der Waals surface area contributed by atoms with Crippen molar-refractivity contribution in [3.05, 3.63) is 54.4 Å². The summed E-state index contributed by atoms with van der Waals surface area (Å²) in [5.41, 5.74) is 2.08. The Morgan fingerprint density at radius 3 is 2.38 bits per heavy atom. The Morgan fingerprint density at radius 1 is 1.14 bits per heavy atom. The molecule has 1 N–H and O–H groups in total. The molecule has 1 aromatic carbocycles. The van der Waals surface area contributed by atoms with Gasteiger partial charge in [-0.3, -0.25) is 9.78 Å². The van der Waals surface area contributed by atoms with Crippen LogP contribution in [0.1, 0.15) is 32.3 Å². The van der Waals surface area contributed by atoms with Crippen LogP contribution in [0.15, 0.2) is 53.9 Å². The molecule has 152 valence electrons. The maximum atomic E-state index is 14.6. The molecule has 2 heterocycles. The quantitative estimate of drug-likeness (QED) is 0.559. The van der Waals surface area contributed by atoms with Gasteiger partial charge in [-0.1, -0.05) is 26.0 Å². The number of hydrogen-bond donors (Lipinski definition) is 1. The molecule has 0 saturated carbocycles. The fourth-order valence-electron chi connectivity index (χ4n) is 2.68. The Balaban J connectivity index is 1.76. The molecule has 3 rings (SSSR count). The van der Waals surface area contributed by atoms with Crippen molar-refractivity contribution >= 4 is 23.4 Å². The first-order valence-corrected chi connectivity index (χ1v) is 9.95. The van der Waals surface area contributed by atoms with Gasteiger partial charge in [0.25, 0.3) is 0 Å². The molecule has 0 aliphatic heterocycles. The van der Waals surface area contributed by atoms with Crippen LogP contribution >= 0.6 is 11.8 Å². The van der Waals surface area contributed by atoms with Crippen molar-refractivity contribution in [1.82, 2.24) is 19.7 Å². The number of benzene rings is 1. The van der Waals surface area contributed by atoms with Crippen LogP contribution in [0.2, 0.25) is 0 Å². The molecular weight excluding hydrogens is 396 g/mol. The molecular formula is C20H21F2N5OS. The van der Waals surface area contributed by atoms with Gasteiger partial charge >= 0.3 is 11.2 Å². The van der Waals surface area contributed by atoms with Gasteiger partial charge in [0.05, 0.1) is 0 Å². The van der Waals surface area contributed by atoms with Gasteiger partial charge in [-0.15, -0.1) is 10.2 Å². The number of halogens is 2. The first-order chi connectivity index (χ1) is 13.8. The number of carbonyl (C=O) groups excluding carboxylic acids is 1. The van der Waals surface area contributed by atoms with Gasteiger partial charge in [-0.05, 0) is 54.4 Å². The topological polar surface area (TPSA) is 72.7 Å². The molecule has 9 heteroatoms. The number of amides is 1. The van der Waals surface area contributed by atoms with Crippen molar-refractivity contribution < 1.29 is 13.6 Å². The molecule has 0 aliphatic rings. The second-order valence-corrected chi connectivity index (χ2v) is 7.72. The van der Waals surface area contributed by atoms with E-state index in [2.05, 4.69) is 20.5 Å². The summed E-state index contributed by atoms with van der Waals surface area (Å²) >= 11 is 0.0763. The average molecular weight is 417 g/mol. The number of carbonyl (C=O) groups is 1. The third kappa shape index (κ3) is 4.79. The highest BCUT2D eigenvalue weighted by Gasteiger charge is 2.42. The number of alkyl halides is 2. The minimum atomic E-state index is -3.72. The van der Waals surface area contributed by atoms with E-state index in [0.29, 0.717) is 29.5 Å². The minimum absolute atomic E-state index is 0.0328. The zero-order chi connectivity index (χ0) is 21.0. The summed E-state index contributed by atoms with van der Waals surface area (Å²) in [6, 6.07) is 10.3. The van der Waals surface area contributed by atoms with Crippen LogP contribution in [0.3, 0.4) is 0 Å². The highest BCUT2D eigenvalue weighted by molar-refractivity contribution is 8.00. The summed E-state index contributed by atoms with van der Waals surface area (Å²) < 4.78 is 30.7. The first-order valence-electron chi connectivity index (χ1n) is 9.13. The number of nitrogens with one attached hydrogen (secondary N) is 1. The average Bonchev–Trinajstić information content (AvgIpc) is 3.10. The molecule has 0 aliphatic carbocycles. The largest absolute Gasteiger partial charge is 0.378 e. The molecule has 0 radical (unpaired) electrons. The van der Waals surface area contributed by atoms with E-state index in [-0.39, 0.29) is 16.9 Å². The number of aromatic nitrogens is 4. The number of hydrogen-bond acceptors (Lipinski definition) is 5. The van der Waals surface area contributed by atoms with E-state index in [0.717, 1.165) is 5.56 Å². The van der Waals surface area contributed by atoms with E-state index < -0.39 is 11.2 Å². The molecule has 29 heavy (non-hydrogen) atoms. The van der Waals surface area contributed by atoms with E-state index in [4.69, 9.17) is 0 Å². The van der Waals surface area contributed by atoms with E-state index in [9.17, 15) is 13.6 Å². The van der Waals surface area contributed by atoms with Crippen LogP contribution in [0.25, 0.3) is 11.4 Å². The Morgan fingerprint density at radius 2 is 1.79 bits per heavy atom. The summed E-state index contributed by atoms with van der Waals surface area (Å²) in [6.45, 7) is 6.24. The third-order valence-corrected chi connectivity index (χ3v) is 5.22. The molecule has 0 saturated heterocycles. The third-order valence-electron chi connectivity index (χ3n) is 4.29. The van der Waals surface area contributed by atoms with Gasteiger partial charge in [0.1, 0.15) is 0 Å². The summed E-state index contributed by atoms with van der Waals surface area (Å²) in [5.74, 6) is -0.652. The molecule has 3 aromatic rings. The molecule has 2 aromatic heterocycles. The first kappa shape index (κ1) is 20.9. The number of nitrogens with zero attached hydrogens (tertiary/aromatic N) is 4. The van der Waals surface area contributed by atoms with Crippen molar-refractivity contribution in [2.75, 3.05) is 5.32 Å². The molecule has 0 fully saturated rings. The number of anilines is 1. The van der Waals surface area contributed by atoms with Gasteiger partial charge < -0.3 is 9.88 Å². The minimum Gasteiger partial charge on any atom is -0.320 e. The standard InChI is InChI=1S/C20H21F2N5OS/c1-4-27-17(15-9-11-23-12-10-15)25-26-19(27)29-20(21,22)18(28)24-16-7-5-14(6-8-16)13(2)3/h5-13H,4H2,1-3H3,(H,24,28). The lowest BCUT2D eigenvalue weighted by Gasteiger charge is -2.16. The van der Waals surface area contributed by atoms with Crippen molar-refractivity contribution in [1.29, 1.82) is 0 Å². The smallest absolute Gasteiger partial charge is 0.320 e. The highest BCUT2D eigenvalue weighted by Crippen LogP contribution is 2.37. The molecule has 0 bridgehead atoms. The zero-order valence-electron chi connectivity index (χ0n) is 16.3. The van der Waals surface area contributed by atoms with Crippen molar-refractivity contribution in [3.8, 4) is 11.4 Å². The second-order valence-electron chi connectivity index (χ2n) is 6.64. The van der Waals surface area contributed by atoms with E-state index >= 15 is 0 Å². The fourth-order valence-corrected chi connectivity index (χ4v) is 3.46. The molecule has 6 nitrogen and oxygen atoms in total. The van der Waals surface area contributed by atoms with Crippen molar-refractivity contribution in [2.24, 2.45) is 0 Å². The SMILES string of the molecule is CCn1c(SC(F)(F)C(=O)Nc2ccc(C(C)C)cc2)nnc1-c1ccncc1. The fraction of sp³-hybridized carbons (Fsp3) is 0.300. The summed E-state index contributed by atoms with van der Waals surface area (Å²) in [4.78, 5) is 16.1. The maximum Gasteiger partial charge on any atom is 0.378 e. The number of rotatable bonds is 7. The zero-order valence-corrected chi connectivity index (χ0v) is 17.1. The second kappa shape index (κ2) is 8.69. The lowest BCUT2D eigenvalue weighted by Crippen LogP contribution is -2.31.